The smallest absolute Gasteiger partial charge is 0.310 e. The van der Waals surface area contributed by atoms with Gasteiger partial charge in [-0.3, -0.25) is 9.59 Å². The van der Waals surface area contributed by atoms with Crippen molar-refractivity contribution >= 4 is 11.9 Å². The summed E-state index contributed by atoms with van der Waals surface area (Å²) in [7, 11) is 1.36. The molecule has 1 rings (SSSR count). The molecule has 0 aromatic heterocycles. The third-order valence-corrected chi connectivity index (χ3v) is 4.18. The molecule has 152 valence electrons. The average molecular weight is 379 g/mol. The Hall–Kier alpha value is -2.24. The fourth-order valence-electron chi connectivity index (χ4n) is 2.78. The lowest BCUT2D eigenvalue weighted by Crippen LogP contribution is -2.40. The highest BCUT2D eigenvalue weighted by atomic mass is 16.5. The van der Waals surface area contributed by atoms with E-state index in [0.29, 0.717) is 38.5 Å². The molecular weight excluding hydrogens is 346 g/mol. The van der Waals surface area contributed by atoms with E-state index in [4.69, 9.17) is 14.2 Å². The Morgan fingerprint density at radius 2 is 1.67 bits per heavy atom. The minimum Gasteiger partial charge on any atom is -0.490 e. The Morgan fingerprint density at radius 3 is 2.22 bits per heavy atom. The largest absolute Gasteiger partial charge is 0.490 e. The molecule has 0 heterocycles. The van der Waals surface area contributed by atoms with Crippen molar-refractivity contribution in [3.8, 4) is 11.5 Å². The van der Waals surface area contributed by atoms with Gasteiger partial charge in [0.15, 0.2) is 11.5 Å². The fourth-order valence-corrected chi connectivity index (χ4v) is 2.78. The number of hydrogen-bond acceptors (Lipinski definition) is 5. The lowest BCUT2D eigenvalue weighted by molar-refractivity contribution is -0.146. The Morgan fingerprint density at radius 1 is 1.04 bits per heavy atom. The number of methoxy groups -OCH3 is 1. The molecule has 1 atom stereocenters. The van der Waals surface area contributed by atoms with Gasteiger partial charge in [-0.25, -0.2) is 0 Å². The zero-order chi connectivity index (χ0) is 20.4. The maximum absolute atomic E-state index is 12.5. The van der Waals surface area contributed by atoms with Crippen LogP contribution in [0.25, 0.3) is 0 Å². The topological polar surface area (TPSA) is 65.1 Å². The predicted octanol–water partition coefficient (Wildman–Crippen LogP) is 3.32. The first kappa shape index (κ1) is 22.8. The van der Waals surface area contributed by atoms with Gasteiger partial charge in [0.25, 0.3) is 0 Å². The maximum atomic E-state index is 12.5. The molecule has 0 spiro atoms. The third-order valence-electron chi connectivity index (χ3n) is 4.18. The van der Waals surface area contributed by atoms with Crippen LogP contribution in [0.4, 0.5) is 0 Å². The molecule has 0 saturated carbocycles. The van der Waals surface area contributed by atoms with Gasteiger partial charge in [-0.05, 0) is 38.0 Å². The molecule has 1 unspecified atom stereocenters. The molecule has 0 saturated heterocycles. The van der Waals surface area contributed by atoms with E-state index in [1.54, 1.807) is 11.8 Å². The van der Waals surface area contributed by atoms with Gasteiger partial charge < -0.3 is 19.1 Å². The van der Waals surface area contributed by atoms with Gasteiger partial charge in [0.2, 0.25) is 5.91 Å². The van der Waals surface area contributed by atoms with E-state index < -0.39 is 0 Å². The quantitative estimate of drug-likeness (QED) is 0.552. The Balaban J connectivity index is 2.88. The van der Waals surface area contributed by atoms with Crippen LogP contribution < -0.4 is 9.47 Å². The summed E-state index contributed by atoms with van der Waals surface area (Å²) >= 11 is 0. The van der Waals surface area contributed by atoms with E-state index in [0.717, 1.165) is 11.3 Å². The van der Waals surface area contributed by atoms with Gasteiger partial charge in [-0.1, -0.05) is 26.8 Å². The molecule has 0 bridgehead atoms. The number of rotatable bonds is 11. The minimum atomic E-state index is -0.364. The summed E-state index contributed by atoms with van der Waals surface area (Å²) in [5.41, 5.74) is 1.05. The van der Waals surface area contributed by atoms with Crippen molar-refractivity contribution in [2.45, 2.75) is 41.0 Å². The van der Waals surface area contributed by atoms with Crippen molar-refractivity contribution in [3.63, 3.8) is 0 Å². The first-order chi connectivity index (χ1) is 12.8. The second-order valence-corrected chi connectivity index (χ2v) is 6.76. The molecule has 0 N–H and O–H groups in total. The number of esters is 1. The highest BCUT2D eigenvalue weighted by Crippen LogP contribution is 2.28. The van der Waals surface area contributed by atoms with E-state index in [-0.39, 0.29) is 23.7 Å². The summed E-state index contributed by atoms with van der Waals surface area (Å²) in [6.45, 7) is 11.4. The zero-order valence-electron chi connectivity index (χ0n) is 17.4. The summed E-state index contributed by atoms with van der Waals surface area (Å²) in [4.78, 5) is 26.0. The maximum Gasteiger partial charge on any atom is 0.310 e. The zero-order valence-corrected chi connectivity index (χ0v) is 17.4. The molecule has 0 radical (unpaired) electrons. The second kappa shape index (κ2) is 11.5. The van der Waals surface area contributed by atoms with Gasteiger partial charge in [0, 0.05) is 19.0 Å². The lowest BCUT2D eigenvalue weighted by Gasteiger charge is -2.27. The van der Waals surface area contributed by atoms with Crippen molar-refractivity contribution in [1.82, 2.24) is 4.90 Å². The second-order valence-electron chi connectivity index (χ2n) is 6.76. The van der Waals surface area contributed by atoms with E-state index in [9.17, 15) is 9.59 Å². The van der Waals surface area contributed by atoms with Crippen LogP contribution >= 0.6 is 0 Å². The number of ether oxygens (including phenoxy) is 3. The van der Waals surface area contributed by atoms with E-state index >= 15 is 0 Å². The molecule has 1 aromatic rings. The Kier molecular flexibility index (Phi) is 9.68. The number of carbonyl (C=O) groups excluding carboxylic acids is 2. The van der Waals surface area contributed by atoms with Crippen LogP contribution in [-0.2, 0) is 20.7 Å². The van der Waals surface area contributed by atoms with Gasteiger partial charge in [-0.2, -0.15) is 0 Å². The minimum absolute atomic E-state index is 0.0294. The molecule has 1 aromatic carbocycles. The molecule has 0 aliphatic carbocycles. The SMILES string of the molecule is CCOc1ccc(CCN(CC(C)C(=O)OC)C(=O)C(C)C)cc1OCC. The first-order valence-electron chi connectivity index (χ1n) is 9.59. The fraction of sp³-hybridized carbons (Fsp3) is 0.619. The van der Waals surface area contributed by atoms with Crippen LogP contribution in [-0.4, -0.2) is 50.2 Å². The number of hydrogen-bond donors (Lipinski definition) is 0. The van der Waals surface area contributed by atoms with Crippen molar-refractivity contribution in [2.24, 2.45) is 11.8 Å². The molecule has 27 heavy (non-hydrogen) atoms. The van der Waals surface area contributed by atoms with Crippen molar-refractivity contribution < 1.29 is 23.8 Å². The summed E-state index contributed by atoms with van der Waals surface area (Å²) in [6, 6.07) is 5.83. The van der Waals surface area contributed by atoms with Gasteiger partial charge in [-0.15, -0.1) is 0 Å². The van der Waals surface area contributed by atoms with Gasteiger partial charge >= 0.3 is 5.97 Å². The van der Waals surface area contributed by atoms with Crippen LogP contribution in [0.1, 0.15) is 40.2 Å². The van der Waals surface area contributed by atoms with Crippen molar-refractivity contribution in [2.75, 3.05) is 33.4 Å². The first-order valence-corrected chi connectivity index (χ1v) is 9.59. The molecule has 6 heteroatoms. The van der Waals surface area contributed by atoms with Crippen LogP contribution in [0.2, 0.25) is 0 Å². The van der Waals surface area contributed by atoms with Crippen LogP contribution in [0.15, 0.2) is 18.2 Å². The van der Waals surface area contributed by atoms with E-state index in [1.165, 1.54) is 7.11 Å². The summed E-state index contributed by atoms with van der Waals surface area (Å²) in [5, 5.41) is 0. The Labute approximate surface area is 162 Å². The number of benzene rings is 1. The van der Waals surface area contributed by atoms with Crippen molar-refractivity contribution in [1.29, 1.82) is 0 Å². The third kappa shape index (κ3) is 7.12. The van der Waals surface area contributed by atoms with Gasteiger partial charge in [0.05, 0.1) is 26.2 Å². The summed E-state index contributed by atoms with van der Waals surface area (Å²) in [6.07, 6.45) is 0.666. The molecule has 1 amide bonds. The Bertz CT molecular complexity index is 615. The lowest BCUT2D eigenvalue weighted by atomic mass is 10.1. The molecular formula is C21H33NO5. The van der Waals surface area contributed by atoms with Crippen LogP contribution in [0, 0.1) is 11.8 Å². The normalized spacial score (nSPS) is 11.8. The van der Waals surface area contributed by atoms with Crippen LogP contribution in [0.3, 0.4) is 0 Å². The summed E-state index contributed by atoms with van der Waals surface area (Å²) in [5.74, 6) is 0.656. The molecule has 6 nitrogen and oxygen atoms in total. The standard InChI is InChI=1S/C21H33NO5/c1-7-26-18-10-9-17(13-19(18)27-8-2)11-12-22(20(23)15(3)4)14-16(5)21(24)25-6/h9-10,13,15-16H,7-8,11-12,14H2,1-6H3. The monoisotopic (exact) mass is 379 g/mol. The van der Waals surface area contributed by atoms with E-state index in [2.05, 4.69) is 0 Å². The van der Waals surface area contributed by atoms with Crippen LogP contribution in [0.5, 0.6) is 11.5 Å². The number of nitrogens with zero attached hydrogens (tertiary/aromatic N) is 1. The molecule has 0 fully saturated rings. The van der Waals surface area contributed by atoms with Crippen molar-refractivity contribution in [3.05, 3.63) is 23.8 Å². The van der Waals surface area contributed by atoms with E-state index in [1.807, 2.05) is 45.9 Å². The molecule has 0 aliphatic rings. The highest BCUT2D eigenvalue weighted by Gasteiger charge is 2.23. The average Bonchev–Trinajstić information content (AvgIpc) is 2.65. The highest BCUT2D eigenvalue weighted by molar-refractivity contribution is 5.79. The molecule has 0 aliphatic heterocycles. The number of amides is 1. The predicted molar refractivity (Wildman–Crippen MR) is 105 cm³/mol. The number of carbonyl (C=O) groups is 2. The summed E-state index contributed by atoms with van der Waals surface area (Å²) < 4.78 is 16.0. The van der Waals surface area contributed by atoms with Gasteiger partial charge in [0.1, 0.15) is 0 Å².